The lowest BCUT2D eigenvalue weighted by atomic mass is 10.1. The Morgan fingerprint density at radius 3 is 2.76 bits per heavy atom. The molecule has 1 aliphatic heterocycles. The summed E-state index contributed by atoms with van der Waals surface area (Å²) < 4.78 is 2.35. The van der Waals surface area contributed by atoms with E-state index in [0.29, 0.717) is 6.54 Å². The summed E-state index contributed by atoms with van der Waals surface area (Å²) in [5, 5.41) is 0. The van der Waals surface area contributed by atoms with Gasteiger partial charge in [0.05, 0.1) is 11.4 Å². The van der Waals surface area contributed by atoms with Crippen molar-refractivity contribution in [3.8, 4) is 0 Å². The van der Waals surface area contributed by atoms with Crippen LogP contribution in [0.15, 0.2) is 0 Å². The molecule has 1 fully saturated rings. The molecule has 1 aromatic heterocycles. The van der Waals surface area contributed by atoms with E-state index < -0.39 is 0 Å². The maximum Gasteiger partial charge on any atom is 0.106 e. The first kappa shape index (κ1) is 11.2. The first-order valence-corrected chi connectivity index (χ1v) is 6.78. The fourth-order valence-corrected chi connectivity index (χ4v) is 3.39. The predicted molar refractivity (Wildman–Crippen MR) is 67.5 cm³/mol. The van der Waals surface area contributed by atoms with Crippen molar-refractivity contribution in [3.05, 3.63) is 17.2 Å². The zero-order chi connectivity index (χ0) is 11.8. The Balaban J connectivity index is 1.83. The third-order valence-corrected chi connectivity index (χ3v) is 4.34. The van der Waals surface area contributed by atoms with Gasteiger partial charge < -0.3 is 10.3 Å². The normalized spacial score (nSPS) is 22.0. The number of nitrogens with two attached hydrogens (primary N) is 1. The molecular weight excluding hydrogens is 212 g/mol. The molecule has 94 valence electrons. The third kappa shape index (κ3) is 1.89. The molecule has 0 aromatic carbocycles. The van der Waals surface area contributed by atoms with Crippen LogP contribution in [-0.4, -0.2) is 27.0 Å². The number of rotatable bonds is 2. The second-order valence-electron chi connectivity index (χ2n) is 5.32. The Morgan fingerprint density at radius 1 is 1.29 bits per heavy atom. The number of aryl methyl sites for hydroxylation is 1. The highest BCUT2D eigenvalue weighted by atomic mass is 15.2. The first-order valence-electron chi connectivity index (χ1n) is 6.78. The van der Waals surface area contributed by atoms with E-state index in [2.05, 4.69) is 21.4 Å². The van der Waals surface area contributed by atoms with Crippen molar-refractivity contribution in [1.82, 2.24) is 14.5 Å². The third-order valence-electron chi connectivity index (χ3n) is 4.34. The summed E-state index contributed by atoms with van der Waals surface area (Å²) in [5.74, 6) is 1.13. The highest BCUT2D eigenvalue weighted by Crippen LogP contribution is 2.28. The summed E-state index contributed by atoms with van der Waals surface area (Å²) in [6, 6.07) is 0.810. The predicted octanol–water partition coefficient (Wildman–Crippen LogP) is 1.41. The second-order valence-corrected chi connectivity index (χ2v) is 5.32. The molecule has 1 aliphatic carbocycles. The molecule has 2 N–H and O–H groups in total. The lowest BCUT2D eigenvalue weighted by Crippen LogP contribution is -2.40. The van der Waals surface area contributed by atoms with Crippen LogP contribution < -0.4 is 5.73 Å². The first-order chi connectivity index (χ1) is 8.29. The van der Waals surface area contributed by atoms with E-state index >= 15 is 0 Å². The van der Waals surface area contributed by atoms with E-state index in [-0.39, 0.29) is 0 Å². The Labute approximate surface area is 103 Å². The van der Waals surface area contributed by atoms with Gasteiger partial charge in [-0.3, -0.25) is 4.90 Å². The van der Waals surface area contributed by atoms with Crippen molar-refractivity contribution in [2.75, 3.05) is 6.54 Å². The average molecular weight is 234 g/mol. The fourth-order valence-electron chi connectivity index (χ4n) is 3.39. The molecule has 17 heavy (non-hydrogen) atoms. The molecular formula is C13H22N4. The maximum atomic E-state index is 5.79. The van der Waals surface area contributed by atoms with E-state index in [9.17, 15) is 0 Å². The summed E-state index contributed by atoms with van der Waals surface area (Å²) >= 11 is 0. The zero-order valence-corrected chi connectivity index (χ0v) is 10.7. The van der Waals surface area contributed by atoms with Gasteiger partial charge in [0.25, 0.3) is 0 Å². The number of hydrogen-bond donors (Lipinski definition) is 1. The second kappa shape index (κ2) is 4.42. The molecule has 0 amide bonds. The highest BCUT2D eigenvalue weighted by Gasteiger charge is 2.28. The lowest BCUT2D eigenvalue weighted by molar-refractivity contribution is 0.156. The Kier molecular flexibility index (Phi) is 2.92. The van der Waals surface area contributed by atoms with Gasteiger partial charge in [0.1, 0.15) is 5.82 Å². The van der Waals surface area contributed by atoms with Crippen molar-refractivity contribution >= 4 is 0 Å². The molecule has 1 aromatic rings. The highest BCUT2D eigenvalue weighted by molar-refractivity contribution is 5.18. The fraction of sp³-hybridized carbons (Fsp3) is 0.769. The van der Waals surface area contributed by atoms with Gasteiger partial charge >= 0.3 is 0 Å². The van der Waals surface area contributed by atoms with Crippen LogP contribution >= 0.6 is 0 Å². The van der Waals surface area contributed by atoms with Crippen molar-refractivity contribution < 1.29 is 0 Å². The van der Waals surface area contributed by atoms with Crippen molar-refractivity contribution in [1.29, 1.82) is 0 Å². The smallest absolute Gasteiger partial charge is 0.106 e. The van der Waals surface area contributed by atoms with Crippen LogP contribution in [0, 0.1) is 6.92 Å². The summed E-state index contributed by atoms with van der Waals surface area (Å²) in [7, 11) is 0. The number of aromatic nitrogens is 2. The Morgan fingerprint density at radius 2 is 2.06 bits per heavy atom. The standard InChI is InChI=1S/C13H22N4/c1-10-15-12(8-14)13-9-16(6-7-17(10)13)11-4-2-3-5-11/h11H,2-9,14H2,1H3. The Hall–Kier alpha value is -0.870. The van der Waals surface area contributed by atoms with Crippen LogP contribution in [-0.2, 0) is 19.6 Å². The van der Waals surface area contributed by atoms with Gasteiger partial charge in [-0.15, -0.1) is 0 Å². The number of fused-ring (bicyclic) bond motifs is 1. The van der Waals surface area contributed by atoms with Crippen molar-refractivity contribution in [2.24, 2.45) is 5.73 Å². The van der Waals surface area contributed by atoms with Gasteiger partial charge in [0, 0.05) is 32.2 Å². The van der Waals surface area contributed by atoms with Gasteiger partial charge in [0.2, 0.25) is 0 Å². The molecule has 2 heterocycles. The van der Waals surface area contributed by atoms with E-state index in [1.807, 2.05) is 0 Å². The molecule has 4 nitrogen and oxygen atoms in total. The van der Waals surface area contributed by atoms with Crippen LogP contribution in [0.4, 0.5) is 0 Å². The number of hydrogen-bond acceptors (Lipinski definition) is 3. The quantitative estimate of drug-likeness (QED) is 0.841. The average Bonchev–Trinajstić information content (AvgIpc) is 2.97. The largest absolute Gasteiger partial charge is 0.329 e. The van der Waals surface area contributed by atoms with Crippen LogP contribution in [0.5, 0.6) is 0 Å². The SMILES string of the molecule is Cc1nc(CN)c2n1CCN(C1CCCC1)C2. The van der Waals surface area contributed by atoms with Crippen LogP contribution in [0.25, 0.3) is 0 Å². The van der Waals surface area contributed by atoms with E-state index in [4.69, 9.17) is 5.73 Å². The van der Waals surface area contributed by atoms with Crippen molar-refractivity contribution in [3.63, 3.8) is 0 Å². The van der Waals surface area contributed by atoms with Crippen LogP contribution in [0.1, 0.15) is 42.9 Å². The summed E-state index contributed by atoms with van der Waals surface area (Å²) in [4.78, 5) is 7.22. The minimum atomic E-state index is 0.571. The molecule has 3 rings (SSSR count). The van der Waals surface area contributed by atoms with Gasteiger partial charge in [0.15, 0.2) is 0 Å². The molecule has 0 bridgehead atoms. The Bertz CT molecular complexity index is 404. The van der Waals surface area contributed by atoms with Gasteiger partial charge in [-0.25, -0.2) is 4.98 Å². The molecule has 0 unspecified atom stereocenters. The molecule has 0 radical (unpaired) electrons. The number of nitrogens with zero attached hydrogens (tertiary/aromatic N) is 3. The molecule has 4 heteroatoms. The van der Waals surface area contributed by atoms with Gasteiger partial charge in [-0.1, -0.05) is 12.8 Å². The molecule has 2 aliphatic rings. The molecule has 0 spiro atoms. The molecule has 0 saturated heterocycles. The minimum absolute atomic E-state index is 0.571. The zero-order valence-electron chi connectivity index (χ0n) is 10.7. The minimum Gasteiger partial charge on any atom is -0.329 e. The van der Waals surface area contributed by atoms with E-state index in [0.717, 1.165) is 30.6 Å². The van der Waals surface area contributed by atoms with Crippen molar-refractivity contribution in [2.45, 2.75) is 58.3 Å². The van der Waals surface area contributed by atoms with Crippen LogP contribution in [0.3, 0.4) is 0 Å². The monoisotopic (exact) mass is 234 g/mol. The molecule has 0 atom stereocenters. The maximum absolute atomic E-state index is 5.79. The van der Waals surface area contributed by atoms with E-state index in [1.165, 1.54) is 37.9 Å². The lowest BCUT2D eigenvalue weighted by Gasteiger charge is -2.33. The van der Waals surface area contributed by atoms with Crippen LogP contribution in [0.2, 0.25) is 0 Å². The van der Waals surface area contributed by atoms with Gasteiger partial charge in [-0.2, -0.15) is 0 Å². The summed E-state index contributed by atoms with van der Waals surface area (Å²) in [6.45, 7) is 5.98. The molecule has 1 saturated carbocycles. The van der Waals surface area contributed by atoms with Gasteiger partial charge in [-0.05, 0) is 19.8 Å². The summed E-state index contributed by atoms with van der Waals surface area (Å²) in [6.07, 6.45) is 5.57. The number of imidazole rings is 1. The topological polar surface area (TPSA) is 47.1 Å². The van der Waals surface area contributed by atoms with E-state index in [1.54, 1.807) is 0 Å². The summed E-state index contributed by atoms with van der Waals surface area (Å²) in [5.41, 5.74) is 8.26.